The van der Waals surface area contributed by atoms with E-state index in [-0.39, 0.29) is 5.69 Å². The number of anilines is 1. The van der Waals surface area contributed by atoms with E-state index < -0.39 is 0 Å². The van der Waals surface area contributed by atoms with Crippen LogP contribution in [-0.4, -0.2) is 42.2 Å². The van der Waals surface area contributed by atoms with Crippen LogP contribution in [0.2, 0.25) is 0 Å². The number of imidazole rings is 1. The summed E-state index contributed by atoms with van der Waals surface area (Å²) >= 11 is 0. The molecule has 4 aromatic rings. The largest absolute Gasteiger partial charge is 0.356 e. The predicted octanol–water partition coefficient (Wildman–Crippen LogP) is 1.99. The van der Waals surface area contributed by atoms with E-state index in [1.54, 1.807) is 17.0 Å². The van der Waals surface area contributed by atoms with Crippen LogP contribution in [0.15, 0.2) is 41.5 Å². The molecule has 27 heavy (non-hydrogen) atoms. The fraction of sp³-hybridized carbons (Fsp3) is 0.368. The van der Waals surface area contributed by atoms with E-state index in [1.807, 2.05) is 29.6 Å². The first-order chi connectivity index (χ1) is 13.2. The van der Waals surface area contributed by atoms with E-state index >= 15 is 0 Å². The summed E-state index contributed by atoms with van der Waals surface area (Å²) in [5.74, 6) is 1.54. The lowest BCUT2D eigenvalue weighted by Gasteiger charge is -2.33. The lowest BCUT2D eigenvalue weighted by molar-refractivity contribution is 0.354. The van der Waals surface area contributed by atoms with Gasteiger partial charge in [-0.25, -0.2) is 14.8 Å². The summed E-state index contributed by atoms with van der Waals surface area (Å²) in [5.41, 5.74) is 3.34. The number of aromatic nitrogens is 6. The van der Waals surface area contributed by atoms with E-state index in [0.717, 1.165) is 54.3 Å². The Morgan fingerprint density at radius 1 is 1.22 bits per heavy atom. The van der Waals surface area contributed by atoms with Gasteiger partial charge in [-0.1, -0.05) is 0 Å². The van der Waals surface area contributed by atoms with Gasteiger partial charge in [-0.3, -0.25) is 4.57 Å². The summed E-state index contributed by atoms with van der Waals surface area (Å²) in [7, 11) is 0. The van der Waals surface area contributed by atoms with Crippen molar-refractivity contribution in [3.63, 3.8) is 0 Å². The molecule has 1 N–H and O–H groups in total. The Balaban J connectivity index is 1.35. The zero-order chi connectivity index (χ0) is 18.4. The highest BCUT2D eigenvalue weighted by molar-refractivity contribution is 5.69. The minimum Gasteiger partial charge on any atom is -0.356 e. The molecule has 1 fully saturated rings. The van der Waals surface area contributed by atoms with Crippen molar-refractivity contribution in [2.75, 3.05) is 18.0 Å². The summed E-state index contributed by atoms with van der Waals surface area (Å²) in [6.07, 6.45) is 5.57. The maximum Gasteiger partial charge on any atom is 0.327 e. The number of H-pyrrole nitrogens is 1. The number of aryl methyl sites for hydroxylation is 1. The molecule has 138 valence electrons. The first kappa shape index (κ1) is 16.0. The fourth-order valence-electron chi connectivity index (χ4n) is 4.00. The van der Waals surface area contributed by atoms with Gasteiger partial charge in [-0.15, -0.1) is 0 Å². The quantitative estimate of drug-likeness (QED) is 0.602. The Labute approximate surface area is 155 Å². The number of pyridine rings is 1. The number of rotatable bonds is 3. The molecule has 0 amide bonds. The van der Waals surface area contributed by atoms with Crippen molar-refractivity contribution in [3.05, 3.63) is 52.8 Å². The number of nitrogens with one attached hydrogen (secondary N) is 1. The van der Waals surface area contributed by atoms with Gasteiger partial charge in [0.1, 0.15) is 5.82 Å². The number of hydrogen-bond donors (Lipinski definition) is 1. The van der Waals surface area contributed by atoms with Crippen molar-refractivity contribution in [1.29, 1.82) is 0 Å². The maximum atomic E-state index is 12.3. The Hall–Kier alpha value is -3.16. The summed E-state index contributed by atoms with van der Waals surface area (Å²) in [5, 5.41) is 4.42. The van der Waals surface area contributed by atoms with Crippen molar-refractivity contribution in [2.45, 2.75) is 26.3 Å². The van der Waals surface area contributed by atoms with Crippen LogP contribution >= 0.6 is 0 Å². The first-order valence-electron chi connectivity index (χ1n) is 9.29. The van der Waals surface area contributed by atoms with Crippen LogP contribution < -0.4 is 10.6 Å². The lowest BCUT2D eigenvalue weighted by Crippen LogP contribution is -2.37. The van der Waals surface area contributed by atoms with Crippen LogP contribution in [0.5, 0.6) is 0 Å². The van der Waals surface area contributed by atoms with Crippen molar-refractivity contribution in [2.24, 2.45) is 5.92 Å². The molecule has 5 rings (SSSR count). The zero-order valence-electron chi connectivity index (χ0n) is 15.2. The molecule has 0 unspecified atom stereocenters. The smallest absolute Gasteiger partial charge is 0.327 e. The Morgan fingerprint density at radius 2 is 2.07 bits per heavy atom. The molecule has 8 nitrogen and oxygen atoms in total. The summed E-state index contributed by atoms with van der Waals surface area (Å²) in [4.78, 5) is 26.4. The standard InChI is InChI=1S/C19H21N7O/c1-13-11-17(26-16(22-13)4-8-21-26)24-9-5-14(6-10-24)12-25-18-15(23-19(25)27)3-2-7-20-18/h2-4,7-8,11,14H,5-6,9-10,12H2,1H3,(H,23,27). The molecule has 4 aromatic heterocycles. The molecule has 1 aliphatic rings. The van der Waals surface area contributed by atoms with Gasteiger partial charge in [0.2, 0.25) is 0 Å². The first-order valence-corrected chi connectivity index (χ1v) is 9.29. The van der Waals surface area contributed by atoms with Crippen LogP contribution in [-0.2, 0) is 6.54 Å². The predicted molar refractivity (Wildman–Crippen MR) is 103 cm³/mol. The molecule has 1 aliphatic heterocycles. The van der Waals surface area contributed by atoms with Gasteiger partial charge in [0.15, 0.2) is 11.3 Å². The number of nitrogens with zero attached hydrogens (tertiary/aromatic N) is 6. The van der Waals surface area contributed by atoms with E-state index in [1.165, 1.54) is 0 Å². The maximum absolute atomic E-state index is 12.3. The second-order valence-electron chi connectivity index (χ2n) is 7.20. The van der Waals surface area contributed by atoms with Gasteiger partial charge in [0.05, 0.1) is 11.7 Å². The molecule has 5 heterocycles. The molecular weight excluding hydrogens is 342 g/mol. The Bertz CT molecular complexity index is 1160. The summed E-state index contributed by atoms with van der Waals surface area (Å²) < 4.78 is 3.68. The molecular formula is C19H21N7O. The third-order valence-electron chi connectivity index (χ3n) is 5.38. The molecule has 0 aliphatic carbocycles. The number of aromatic amines is 1. The zero-order valence-corrected chi connectivity index (χ0v) is 15.2. The van der Waals surface area contributed by atoms with E-state index in [2.05, 4.69) is 31.0 Å². The third kappa shape index (κ3) is 2.77. The number of piperidine rings is 1. The van der Waals surface area contributed by atoms with Crippen LogP contribution in [0.3, 0.4) is 0 Å². The summed E-state index contributed by atoms with van der Waals surface area (Å²) in [6.45, 7) is 4.59. The van der Waals surface area contributed by atoms with Gasteiger partial charge in [0.25, 0.3) is 0 Å². The highest BCUT2D eigenvalue weighted by Gasteiger charge is 2.23. The van der Waals surface area contributed by atoms with Crippen molar-refractivity contribution in [3.8, 4) is 0 Å². The van der Waals surface area contributed by atoms with Crippen molar-refractivity contribution >= 4 is 22.6 Å². The number of fused-ring (bicyclic) bond motifs is 2. The SMILES string of the molecule is Cc1cc(N2CCC(Cn3c(=O)[nH]c4cccnc43)CC2)n2nccc2n1. The Morgan fingerprint density at radius 3 is 2.93 bits per heavy atom. The molecule has 0 spiro atoms. The second-order valence-corrected chi connectivity index (χ2v) is 7.20. The van der Waals surface area contributed by atoms with E-state index in [4.69, 9.17) is 0 Å². The fourth-order valence-corrected chi connectivity index (χ4v) is 4.00. The molecule has 0 radical (unpaired) electrons. The molecule has 0 saturated carbocycles. The minimum atomic E-state index is -0.0749. The number of hydrogen-bond acceptors (Lipinski definition) is 5. The Kier molecular flexibility index (Phi) is 3.70. The molecule has 8 heteroatoms. The molecule has 1 saturated heterocycles. The van der Waals surface area contributed by atoms with Crippen LogP contribution in [0.4, 0.5) is 5.82 Å². The van der Waals surface area contributed by atoms with Crippen LogP contribution in [0.25, 0.3) is 16.8 Å². The average Bonchev–Trinajstić information content (AvgIpc) is 3.26. The van der Waals surface area contributed by atoms with Crippen LogP contribution in [0, 0.1) is 12.8 Å². The normalized spacial score (nSPS) is 15.8. The van der Waals surface area contributed by atoms with Crippen LogP contribution in [0.1, 0.15) is 18.5 Å². The van der Waals surface area contributed by atoms with Gasteiger partial charge in [-0.2, -0.15) is 9.61 Å². The monoisotopic (exact) mass is 363 g/mol. The van der Waals surface area contributed by atoms with Crippen molar-refractivity contribution < 1.29 is 0 Å². The minimum absolute atomic E-state index is 0.0749. The molecule has 0 atom stereocenters. The van der Waals surface area contributed by atoms with Gasteiger partial charge >= 0.3 is 5.69 Å². The molecule has 0 aromatic carbocycles. The van der Waals surface area contributed by atoms with E-state index in [9.17, 15) is 4.79 Å². The van der Waals surface area contributed by atoms with Gasteiger partial charge in [0, 0.05) is 43.7 Å². The second kappa shape index (κ2) is 6.22. The highest BCUT2D eigenvalue weighted by Crippen LogP contribution is 2.25. The van der Waals surface area contributed by atoms with E-state index in [0.29, 0.717) is 12.5 Å². The van der Waals surface area contributed by atoms with Crippen molar-refractivity contribution in [1.82, 2.24) is 29.1 Å². The van der Waals surface area contributed by atoms with Gasteiger partial charge in [-0.05, 0) is 37.8 Å². The summed E-state index contributed by atoms with van der Waals surface area (Å²) in [6, 6.07) is 7.76. The highest BCUT2D eigenvalue weighted by atomic mass is 16.1. The average molecular weight is 363 g/mol. The molecule has 0 bridgehead atoms. The lowest BCUT2D eigenvalue weighted by atomic mass is 9.96. The topological polar surface area (TPSA) is 84.1 Å². The third-order valence-corrected chi connectivity index (χ3v) is 5.38. The van der Waals surface area contributed by atoms with Gasteiger partial charge < -0.3 is 9.88 Å².